The zero-order valence-electron chi connectivity index (χ0n) is 13.1. The topological polar surface area (TPSA) is 28.2 Å². The third-order valence-electron chi connectivity index (χ3n) is 5.09. The Morgan fingerprint density at radius 2 is 2.14 bits per heavy atom. The standard InChI is InChI=1S/C18H23N3S/c1-14-2-4-15(5-3-14)17-20-16(11-22-17)10-21-9-7-18(13-21)6-8-19-12-18/h2-5,11,19H,6-10,12-13H2,1H3. The Kier molecular flexibility index (Phi) is 3.76. The molecule has 1 unspecified atom stereocenters. The maximum atomic E-state index is 4.85. The van der Waals surface area contributed by atoms with E-state index in [0.717, 1.165) is 11.6 Å². The first-order chi connectivity index (χ1) is 10.7. The summed E-state index contributed by atoms with van der Waals surface area (Å²) >= 11 is 1.77. The zero-order chi connectivity index (χ0) is 15.0. The molecule has 1 spiro atoms. The van der Waals surface area contributed by atoms with Gasteiger partial charge in [0.1, 0.15) is 5.01 Å². The maximum absolute atomic E-state index is 4.85. The van der Waals surface area contributed by atoms with Gasteiger partial charge < -0.3 is 5.32 Å². The molecule has 2 aliphatic rings. The lowest BCUT2D eigenvalue weighted by molar-refractivity contribution is 0.267. The molecule has 2 fully saturated rings. The summed E-state index contributed by atoms with van der Waals surface area (Å²) in [5, 5.41) is 6.90. The fourth-order valence-electron chi connectivity index (χ4n) is 3.74. The van der Waals surface area contributed by atoms with Crippen LogP contribution in [0.4, 0.5) is 0 Å². The second kappa shape index (κ2) is 5.76. The van der Waals surface area contributed by atoms with Crippen LogP contribution < -0.4 is 5.32 Å². The first-order valence-corrected chi connectivity index (χ1v) is 9.05. The first-order valence-electron chi connectivity index (χ1n) is 8.17. The molecule has 0 aliphatic carbocycles. The molecular weight excluding hydrogens is 290 g/mol. The van der Waals surface area contributed by atoms with Crippen LogP contribution in [0.1, 0.15) is 24.1 Å². The van der Waals surface area contributed by atoms with Gasteiger partial charge in [-0.15, -0.1) is 11.3 Å². The molecule has 1 aromatic carbocycles. The Balaban J connectivity index is 1.43. The molecule has 1 atom stereocenters. The number of aromatic nitrogens is 1. The number of benzene rings is 1. The lowest BCUT2D eigenvalue weighted by Crippen LogP contribution is -2.29. The Labute approximate surface area is 136 Å². The predicted molar refractivity (Wildman–Crippen MR) is 92.1 cm³/mol. The van der Waals surface area contributed by atoms with Crippen LogP contribution >= 0.6 is 11.3 Å². The molecule has 0 bridgehead atoms. The Bertz CT molecular complexity index is 641. The molecule has 3 heterocycles. The highest BCUT2D eigenvalue weighted by Gasteiger charge is 2.40. The van der Waals surface area contributed by atoms with Crippen LogP contribution in [0.5, 0.6) is 0 Å². The van der Waals surface area contributed by atoms with E-state index >= 15 is 0 Å². The lowest BCUT2D eigenvalue weighted by Gasteiger charge is -2.22. The summed E-state index contributed by atoms with van der Waals surface area (Å²) in [6, 6.07) is 8.67. The summed E-state index contributed by atoms with van der Waals surface area (Å²) < 4.78 is 0. The van der Waals surface area contributed by atoms with Gasteiger partial charge in [0, 0.05) is 30.6 Å². The highest BCUT2D eigenvalue weighted by atomic mass is 32.1. The molecule has 4 heteroatoms. The van der Waals surface area contributed by atoms with Crippen molar-refractivity contribution in [1.29, 1.82) is 0 Å². The number of aryl methyl sites for hydroxylation is 1. The number of hydrogen-bond donors (Lipinski definition) is 1. The molecule has 0 radical (unpaired) electrons. The number of likely N-dealkylation sites (tertiary alicyclic amines) is 1. The van der Waals surface area contributed by atoms with Crippen LogP contribution in [0.15, 0.2) is 29.6 Å². The largest absolute Gasteiger partial charge is 0.316 e. The second-order valence-corrected chi connectivity index (χ2v) is 7.76. The van der Waals surface area contributed by atoms with E-state index in [1.54, 1.807) is 11.3 Å². The quantitative estimate of drug-likeness (QED) is 0.942. The van der Waals surface area contributed by atoms with Gasteiger partial charge in [-0.05, 0) is 38.3 Å². The van der Waals surface area contributed by atoms with E-state index in [2.05, 4.69) is 46.8 Å². The number of rotatable bonds is 3. The molecule has 22 heavy (non-hydrogen) atoms. The van der Waals surface area contributed by atoms with Crippen LogP contribution in [-0.4, -0.2) is 36.1 Å². The molecule has 2 aromatic rings. The lowest BCUT2D eigenvalue weighted by atomic mass is 9.87. The summed E-state index contributed by atoms with van der Waals surface area (Å²) in [7, 11) is 0. The highest BCUT2D eigenvalue weighted by molar-refractivity contribution is 7.13. The molecule has 2 saturated heterocycles. The maximum Gasteiger partial charge on any atom is 0.123 e. The third-order valence-corrected chi connectivity index (χ3v) is 6.03. The van der Waals surface area contributed by atoms with E-state index in [9.17, 15) is 0 Å². The average molecular weight is 313 g/mol. The van der Waals surface area contributed by atoms with Gasteiger partial charge in [-0.2, -0.15) is 0 Å². The second-order valence-electron chi connectivity index (χ2n) is 6.90. The molecule has 0 saturated carbocycles. The van der Waals surface area contributed by atoms with E-state index in [1.165, 1.54) is 55.8 Å². The molecular formula is C18H23N3S. The Morgan fingerprint density at radius 1 is 1.27 bits per heavy atom. The van der Waals surface area contributed by atoms with Crippen molar-refractivity contribution in [3.05, 3.63) is 40.9 Å². The van der Waals surface area contributed by atoms with Crippen molar-refractivity contribution in [3.8, 4) is 10.6 Å². The molecule has 2 aliphatic heterocycles. The minimum absolute atomic E-state index is 0.551. The van der Waals surface area contributed by atoms with Crippen molar-refractivity contribution in [2.24, 2.45) is 5.41 Å². The summed E-state index contributed by atoms with van der Waals surface area (Å²) in [4.78, 5) is 7.43. The van der Waals surface area contributed by atoms with Gasteiger partial charge in [0.2, 0.25) is 0 Å². The summed E-state index contributed by atoms with van der Waals surface area (Å²) in [6.07, 6.45) is 2.68. The molecule has 4 rings (SSSR count). The Hall–Kier alpha value is -1.23. The van der Waals surface area contributed by atoms with Crippen molar-refractivity contribution in [3.63, 3.8) is 0 Å². The zero-order valence-corrected chi connectivity index (χ0v) is 14.0. The fourth-order valence-corrected chi connectivity index (χ4v) is 4.56. The van der Waals surface area contributed by atoms with E-state index in [1.807, 2.05) is 0 Å². The van der Waals surface area contributed by atoms with Crippen LogP contribution in [-0.2, 0) is 6.54 Å². The molecule has 0 amide bonds. The van der Waals surface area contributed by atoms with Gasteiger partial charge in [-0.25, -0.2) is 4.98 Å². The van der Waals surface area contributed by atoms with Gasteiger partial charge in [0.25, 0.3) is 0 Å². The summed E-state index contributed by atoms with van der Waals surface area (Å²) in [6.45, 7) is 7.98. The van der Waals surface area contributed by atoms with Crippen LogP contribution in [0.3, 0.4) is 0 Å². The predicted octanol–water partition coefficient (Wildman–Crippen LogP) is 3.30. The first kappa shape index (κ1) is 14.4. The van der Waals surface area contributed by atoms with Crippen molar-refractivity contribution < 1.29 is 0 Å². The number of thiazole rings is 1. The minimum atomic E-state index is 0.551. The number of nitrogens with one attached hydrogen (secondary N) is 1. The fraction of sp³-hybridized carbons (Fsp3) is 0.500. The summed E-state index contributed by atoms with van der Waals surface area (Å²) in [5.41, 5.74) is 4.31. The molecule has 1 N–H and O–H groups in total. The van der Waals surface area contributed by atoms with Crippen molar-refractivity contribution in [1.82, 2.24) is 15.2 Å². The van der Waals surface area contributed by atoms with Gasteiger partial charge in [-0.1, -0.05) is 29.8 Å². The molecule has 116 valence electrons. The monoisotopic (exact) mass is 313 g/mol. The van der Waals surface area contributed by atoms with Gasteiger partial charge >= 0.3 is 0 Å². The van der Waals surface area contributed by atoms with Crippen molar-refractivity contribution in [2.75, 3.05) is 26.2 Å². The minimum Gasteiger partial charge on any atom is -0.316 e. The van der Waals surface area contributed by atoms with E-state index in [0.29, 0.717) is 5.41 Å². The summed E-state index contributed by atoms with van der Waals surface area (Å²) in [5.74, 6) is 0. The smallest absolute Gasteiger partial charge is 0.123 e. The van der Waals surface area contributed by atoms with Crippen molar-refractivity contribution in [2.45, 2.75) is 26.3 Å². The SMILES string of the molecule is Cc1ccc(-c2nc(CN3CCC4(CCNC4)C3)cs2)cc1. The van der Waals surface area contributed by atoms with Crippen LogP contribution in [0, 0.1) is 12.3 Å². The van der Waals surface area contributed by atoms with Gasteiger partial charge in [-0.3, -0.25) is 4.90 Å². The normalized spacial score (nSPS) is 25.3. The number of hydrogen-bond acceptors (Lipinski definition) is 4. The van der Waals surface area contributed by atoms with Crippen molar-refractivity contribution >= 4 is 11.3 Å². The van der Waals surface area contributed by atoms with Gasteiger partial charge in [0.15, 0.2) is 0 Å². The van der Waals surface area contributed by atoms with E-state index in [-0.39, 0.29) is 0 Å². The third kappa shape index (κ3) is 2.83. The van der Waals surface area contributed by atoms with Crippen LogP contribution in [0.25, 0.3) is 10.6 Å². The number of nitrogens with zero attached hydrogens (tertiary/aromatic N) is 2. The highest BCUT2D eigenvalue weighted by Crippen LogP contribution is 2.36. The molecule has 1 aromatic heterocycles. The van der Waals surface area contributed by atoms with Crippen LogP contribution in [0.2, 0.25) is 0 Å². The Morgan fingerprint density at radius 3 is 2.91 bits per heavy atom. The average Bonchev–Trinajstić information content (AvgIpc) is 3.24. The molecule has 3 nitrogen and oxygen atoms in total. The van der Waals surface area contributed by atoms with E-state index in [4.69, 9.17) is 4.98 Å². The van der Waals surface area contributed by atoms with Gasteiger partial charge in [0.05, 0.1) is 5.69 Å². The van der Waals surface area contributed by atoms with E-state index < -0.39 is 0 Å².